The van der Waals surface area contributed by atoms with Crippen molar-refractivity contribution in [3.63, 3.8) is 0 Å². The lowest BCUT2D eigenvalue weighted by Crippen LogP contribution is -2.42. The molecule has 0 amide bonds. The lowest BCUT2D eigenvalue weighted by molar-refractivity contribution is 0.179. The minimum Gasteiger partial charge on any atom is -0.507 e. The predicted molar refractivity (Wildman–Crippen MR) is 80.3 cm³/mol. The van der Waals surface area contributed by atoms with Gasteiger partial charge in [0.25, 0.3) is 0 Å². The normalized spacial score (nSPS) is 12.6. The molecule has 0 aliphatic heterocycles. The molecule has 0 bridgehead atoms. The number of rotatable bonds is 7. The number of nitrogens with one attached hydrogen (secondary N) is 1. The Morgan fingerprint density at radius 2 is 1.70 bits per heavy atom. The fourth-order valence-electron chi connectivity index (χ4n) is 2.18. The highest BCUT2D eigenvalue weighted by Gasteiger charge is 2.19. The Kier molecular flexibility index (Phi) is 5.98. The zero-order valence-electron chi connectivity index (χ0n) is 12.5. The molecule has 2 N–H and O–H groups in total. The van der Waals surface area contributed by atoms with Gasteiger partial charge in [0, 0.05) is 25.2 Å². The monoisotopic (exact) mass is 300 g/mol. The van der Waals surface area contributed by atoms with Crippen LogP contribution in [0.15, 0.2) is 29.2 Å². The second-order valence-electron chi connectivity index (χ2n) is 5.29. The number of nitrogens with zero attached hydrogens (tertiary/aromatic N) is 1. The van der Waals surface area contributed by atoms with Gasteiger partial charge in [0.05, 0.1) is 0 Å². The molecule has 1 aromatic rings. The van der Waals surface area contributed by atoms with E-state index in [1.54, 1.807) is 12.1 Å². The van der Waals surface area contributed by atoms with E-state index in [0.717, 1.165) is 0 Å². The van der Waals surface area contributed by atoms with Crippen LogP contribution < -0.4 is 4.72 Å². The van der Waals surface area contributed by atoms with Gasteiger partial charge in [-0.05, 0) is 39.8 Å². The Morgan fingerprint density at radius 3 is 2.20 bits per heavy atom. The standard InChI is InChI=1S/C14H24N2O3S/c1-11(2)16(12(3)4)10-9-15-20(18,19)14-8-6-5-7-13(14)17/h5-8,11-12,15,17H,9-10H2,1-4H3. The molecular formula is C14H24N2O3S. The molecule has 0 aromatic heterocycles. The molecule has 0 aliphatic rings. The summed E-state index contributed by atoms with van der Waals surface area (Å²) < 4.78 is 26.7. The molecule has 1 rings (SSSR count). The highest BCUT2D eigenvalue weighted by Crippen LogP contribution is 2.20. The molecule has 0 radical (unpaired) electrons. The largest absolute Gasteiger partial charge is 0.507 e. The number of hydrogen-bond acceptors (Lipinski definition) is 4. The maximum absolute atomic E-state index is 12.1. The van der Waals surface area contributed by atoms with Gasteiger partial charge in [-0.1, -0.05) is 12.1 Å². The first-order valence-electron chi connectivity index (χ1n) is 6.79. The molecule has 6 heteroatoms. The van der Waals surface area contributed by atoms with Gasteiger partial charge < -0.3 is 5.11 Å². The molecule has 0 atom stereocenters. The first-order chi connectivity index (χ1) is 9.25. The van der Waals surface area contributed by atoms with E-state index in [2.05, 4.69) is 37.3 Å². The van der Waals surface area contributed by atoms with Crippen LogP contribution in [-0.4, -0.2) is 43.6 Å². The van der Waals surface area contributed by atoms with Crippen LogP contribution in [0, 0.1) is 0 Å². The fourth-order valence-corrected chi connectivity index (χ4v) is 3.30. The highest BCUT2D eigenvalue weighted by atomic mass is 32.2. The first kappa shape index (κ1) is 16.9. The van der Waals surface area contributed by atoms with Gasteiger partial charge in [-0.2, -0.15) is 0 Å². The molecule has 20 heavy (non-hydrogen) atoms. The third kappa shape index (κ3) is 4.47. The maximum atomic E-state index is 12.1. The minimum absolute atomic E-state index is 0.0827. The summed E-state index contributed by atoms with van der Waals surface area (Å²) in [5, 5.41) is 9.60. The van der Waals surface area contributed by atoms with Crippen LogP contribution in [0.1, 0.15) is 27.7 Å². The SMILES string of the molecule is CC(C)N(CCNS(=O)(=O)c1ccccc1O)C(C)C. The van der Waals surface area contributed by atoms with Gasteiger partial charge >= 0.3 is 0 Å². The summed E-state index contributed by atoms with van der Waals surface area (Å²) in [6.07, 6.45) is 0. The number of sulfonamides is 1. The fraction of sp³-hybridized carbons (Fsp3) is 0.571. The van der Waals surface area contributed by atoms with E-state index in [0.29, 0.717) is 25.2 Å². The molecule has 1 aromatic carbocycles. The minimum atomic E-state index is -3.66. The molecule has 114 valence electrons. The van der Waals surface area contributed by atoms with Crippen LogP contribution in [-0.2, 0) is 10.0 Å². The number of phenolic OH excluding ortho intramolecular Hbond substituents is 1. The molecule has 5 nitrogen and oxygen atoms in total. The van der Waals surface area contributed by atoms with Crippen LogP contribution >= 0.6 is 0 Å². The van der Waals surface area contributed by atoms with Crippen molar-refractivity contribution in [3.8, 4) is 5.75 Å². The molecular weight excluding hydrogens is 276 g/mol. The summed E-state index contributed by atoms with van der Waals surface area (Å²) >= 11 is 0. The summed E-state index contributed by atoms with van der Waals surface area (Å²) in [7, 11) is -3.66. The third-order valence-corrected chi connectivity index (χ3v) is 4.65. The van der Waals surface area contributed by atoms with Crippen LogP contribution in [0.2, 0.25) is 0 Å². The lowest BCUT2D eigenvalue weighted by Gasteiger charge is -2.30. The second-order valence-corrected chi connectivity index (χ2v) is 7.03. The van der Waals surface area contributed by atoms with E-state index in [1.807, 2.05) is 0 Å². The number of hydrogen-bond donors (Lipinski definition) is 2. The molecule has 0 heterocycles. The highest BCUT2D eigenvalue weighted by molar-refractivity contribution is 7.89. The van der Waals surface area contributed by atoms with Gasteiger partial charge in [-0.25, -0.2) is 13.1 Å². The van der Waals surface area contributed by atoms with E-state index in [4.69, 9.17) is 0 Å². The Labute approximate surface area is 121 Å². The van der Waals surface area contributed by atoms with Crippen LogP contribution in [0.4, 0.5) is 0 Å². The Bertz CT molecular complexity index is 519. The average molecular weight is 300 g/mol. The van der Waals surface area contributed by atoms with Gasteiger partial charge in [-0.3, -0.25) is 4.90 Å². The maximum Gasteiger partial charge on any atom is 0.244 e. The summed E-state index contributed by atoms with van der Waals surface area (Å²) in [4.78, 5) is 2.12. The average Bonchev–Trinajstić information content (AvgIpc) is 2.34. The van der Waals surface area contributed by atoms with E-state index < -0.39 is 10.0 Å². The van der Waals surface area contributed by atoms with Gasteiger partial charge in [-0.15, -0.1) is 0 Å². The van der Waals surface area contributed by atoms with Crippen molar-refractivity contribution in [3.05, 3.63) is 24.3 Å². The third-order valence-electron chi connectivity index (χ3n) is 3.14. The number of aromatic hydroxyl groups is 1. The number of para-hydroxylation sites is 1. The Hall–Kier alpha value is -1.11. The topological polar surface area (TPSA) is 69.6 Å². The van der Waals surface area contributed by atoms with Crippen molar-refractivity contribution >= 4 is 10.0 Å². The van der Waals surface area contributed by atoms with Gasteiger partial charge in [0.2, 0.25) is 10.0 Å². The van der Waals surface area contributed by atoms with Gasteiger partial charge in [0.1, 0.15) is 10.6 Å². The summed E-state index contributed by atoms with van der Waals surface area (Å²) in [6, 6.07) is 6.63. The zero-order valence-corrected chi connectivity index (χ0v) is 13.3. The molecule has 0 fully saturated rings. The predicted octanol–water partition coefficient (Wildman–Crippen LogP) is 1.79. The summed E-state index contributed by atoms with van der Waals surface area (Å²) in [5.74, 6) is -0.232. The van der Waals surface area contributed by atoms with Crippen molar-refractivity contribution in [1.29, 1.82) is 0 Å². The second kappa shape index (κ2) is 7.06. The smallest absolute Gasteiger partial charge is 0.244 e. The first-order valence-corrected chi connectivity index (χ1v) is 8.27. The Balaban J connectivity index is 2.68. The Morgan fingerprint density at radius 1 is 1.15 bits per heavy atom. The van der Waals surface area contributed by atoms with E-state index >= 15 is 0 Å². The summed E-state index contributed by atoms with van der Waals surface area (Å²) in [6.45, 7) is 9.26. The molecule has 0 saturated heterocycles. The van der Waals surface area contributed by atoms with Crippen LogP contribution in [0.5, 0.6) is 5.75 Å². The molecule has 0 spiro atoms. The van der Waals surface area contributed by atoms with Gasteiger partial charge in [0.15, 0.2) is 0 Å². The number of phenols is 1. The van der Waals surface area contributed by atoms with E-state index in [-0.39, 0.29) is 10.6 Å². The number of benzene rings is 1. The lowest BCUT2D eigenvalue weighted by atomic mass is 10.2. The molecule has 0 aliphatic carbocycles. The van der Waals surface area contributed by atoms with Crippen molar-refractivity contribution in [2.75, 3.05) is 13.1 Å². The zero-order chi connectivity index (χ0) is 15.3. The van der Waals surface area contributed by atoms with Crippen molar-refractivity contribution in [1.82, 2.24) is 9.62 Å². The summed E-state index contributed by atoms with van der Waals surface area (Å²) in [5.41, 5.74) is 0. The quantitative estimate of drug-likeness (QED) is 0.805. The van der Waals surface area contributed by atoms with Crippen molar-refractivity contribution < 1.29 is 13.5 Å². The van der Waals surface area contributed by atoms with Crippen molar-refractivity contribution in [2.24, 2.45) is 0 Å². The van der Waals surface area contributed by atoms with Crippen LogP contribution in [0.25, 0.3) is 0 Å². The molecule has 0 saturated carbocycles. The van der Waals surface area contributed by atoms with E-state index in [9.17, 15) is 13.5 Å². The van der Waals surface area contributed by atoms with Crippen molar-refractivity contribution in [2.45, 2.75) is 44.7 Å². The van der Waals surface area contributed by atoms with Crippen LogP contribution in [0.3, 0.4) is 0 Å². The van der Waals surface area contributed by atoms with E-state index in [1.165, 1.54) is 12.1 Å². The molecule has 0 unspecified atom stereocenters.